The second-order valence-corrected chi connectivity index (χ2v) is 31.1. The van der Waals surface area contributed by atoms with Crippen LogP contribution in [0.1, 0.15) is 271 Å². The maximum atomic E-state index is 2.71. The van der Waals surface area contributed by atoms with Crippen LogP contribution >= 0.6 is 0 Å². The second kappa shape index (κ2) is 20.0. The summed E-state index contributed by atoms with van der Waals surface area (Å²) in [5.74, 6) is 0.975. The van der Waals surface area contributed by atoms with E-state index in [1.807, 2.05) is 0 Å². The number of nitrogens with zero attached hydrogens (tertiary/aromatic N) is 2. The summed E-state index contributed by atoms with van der Waals surface area (Å²) in [6.07, 6.45) is 17.8. The van der Waals surface area contributed by atoms with E-state index in [9.17, 15) is 0 Å². The van der Waals surface area contributed by atoms with Crippen LogP contribution < -0.4 is 9.80 Å². The molecule has 6 aromatic rings. The lowest BCUT2D eigenvalue weighted by molar-refractivity contribution is 0.0633. The van der Waals surface area contributed by atoms with E-state index >= 15 is 0 Å². The van der Waals surface area contributed by atoms with Crippen LogP contribution in [0.15, 0.2) is 121 Å². The molecule has 0 atom stereocenters. The van der Waals surface area contributed by atoms with E-state index in [4.69, 9.17) is 0 Å². The minimum atomic E-state index is -0.147. The molecule has 5 aliphatic rings. The summed E-state index contributed by atoms with van der Waals surface area (Å²) in [5.41, 5.74) is 23.2. The predicted octanol–water partition coefficient (Wildman–Crippen LogP) is 23.8. The van der Waals surface area contributed by atoms with Gasteiger partial charge < -0.3 is 9.80 Å². The molecule has 0 unspecified atom stereocenters. The molecule has 430 valence electrons. The van der Waals surface area contributed by atoms with Crippen molar-refractivity contribution in [3.63, 3.8) is 0 Å². The zero-order valence-corrected chi connectivity index (χ0v) is 54.0. The van der Waals surface area contributed by atoms with E-state index in [0.29, 0.717) is 11.8 Å². The van der Waals surface area contributed by atoms with Gasteiger partial charge in [-0.05, 0) is 196 Å². The first kappa shape index (κ1) is 57.7. The van der Waals surface area contributed by atoms with Gasteiger partial charge in [0.15, 0.2) is 0 Å². The average molecular weight is 1080 g/mol. The Balaban J connectivity index is 1.12. The van der Waals surface area contributed by atoms with Crippen LogP contribution in [0.4, 0.5) is 34.1 Å². The summed E-state index contributed by atoms with van der Waals surface area (Å²) in [5, 5.41) is 0. The zero-order valence-electron chi connectivity index (χ0n) is 54.0. The molecule has 0 fully saturated rings. The quantitative estimate of drug-likeness (QED) is 0.0703. The lowest BCUT2D eigenvalue weighted by Gasteiger charge is -2.49. The number of hydrogen-bond acceptors (Lipinski definition) is 2. The van der Waals surface area contributed by atoms with Gasteiger partial charge in [0, 0.05) is 39.5 Å². The van der Waals surface area contributed by atoms with Gasteiger partial charge in [0.2, 0.25) is 0 Å². The Morgan fingerprint density at radius 2 is 0.580 bits per heavy atom. The molecular weight excluding hydrogens is 977 g/mol. The molecule has 0 radical (unpaired) electrons. The summed E-state index contributed by atoms with van der Waals surface area (Å²) >= 11 is 0. The van der Waals surface area contributed by atoms with Crippen molar-refractivity contribution in [1.29, 1.82) is 0 Å². The Hall–Kier alpha value is -5.08. The fraction of sp³-hybridized carbons (Fsp3) is 0.544. The van der Waals surface area contributed by atoms with Gasteiger partial charge in [-0.25, -0.2) is 0 Å². The minimum absolute atomic E-state index is 0.00177. The van der Waals surface area contributed by atoms with Gasteiger partial charge in [-0.2, -0.15) is 0 Å². The highest BCUT2D eigenvalue weighted by molar-refractivity contribution is 5.89. The average Bonchev–Trinajstić information content (AvgIpc) is 2.17. The maximum absolute atomic E-state index is 2.71. The number of unbranched alkanes of at least 4 members (excludes halogenated alkanes) is 10. The van der Waals surface area contributed by atoms with Gasteiger partial charge >= 0.3 is 0 Å². The third-order valence-electron chi connectivity index (χ3n) is 25.2. The van der Waals surface area contributed by atoms with Crippen molar-refractivity contribution >= 4 is 34.1 Å². The summed E-state index contributed by atoms with van der Waals surface area (Å²) in [7, 11) is 0. The molecule has 0 spiro atoms. The van der Waals surface area contributed by atoms with Crippen LogP contribution in [0.5, 0.6) is 0 Å². The summed E-state index contributed by atoms with van der Waals surface area (Å²) in [4.78, 5) is 5.30. The zero-order chi connectivity index (χ0) is 58.1. The number of benzene rings is 6. The fourth-order valence-electron chi connectivity index (χ4n) is 18.2. The van der Waals surface area contributed by atoms with Crippen molar-refractivity contribution in [2.45, 2.75) is 253 Å². The molecule has 0 bridgehead atoms. The lowest BCUT2D eigenvalue weighted by Crippen LogP contribution is -2.44. The van der Waals surface area contributed by atoms with E-state index < -0.39 is 0 Å². The summed E-state index contributed by atoms with van der Waals surface area (Å²) in [6, 6.07) is 48.7. The second-order valence-electron chi connectivity index (χ2n) is 31.1. The molecule has 6 aromatic carbocycles. The Morgan fingerprint density at radius 1 is 0.296 bits per heavy atom. The van der Waals surface area contributed by atoms with E-state index in [1.54, 1.807) is 44.5 Å². The minimum Gasteiger partial charge on any atom is -0.310 e. The smallest absolute Gasteiger partial charge is 0.0467 e. The van der Waals surface area contributed by atoms with Crippen LogP contribution in [0.2, 0.25) is 0 Å². The van der Waals surface area contributed by atoms with Crippen LogP contribution in [0, 0.1) is 21.7 Å². The largest absolute Gasteiger partial charge is 0.310 e. The van der Waals surface area contributed by atoms with Crippen molar-refractivity contribution in [2.24, 2.45) is 21.7 Å². The van der Waals surface area contributed by atoms with E-state index in [1.165, 1.54) is 122 Å². The number of para-hydroxylation sites is 2. The molecule has 81 heavy (non-hydrogen) atoms. The van der Waals surface area contributed by atoms with Crippen LogP contribution in [-0.2, 0) is 27.1 Å². The fourth-order valence-corrected chi connectivity index (χ4v) is 18.2. The topological polar surface area (TPSA) is 6.48 Å². The van der Waals surface area contributed by atoms with Crippen LogP contribution in [-0.4, -0.2) is 0 Å². The first-order valence-electron chi connectivity index (χ1n) is 32.6. The highest BCUT2D eigenvalue weighted by Crippen LogP contribution is 2.75. The van der Waals surface area contributed by atoms with E-state index in [-0.39, 0.29) is 48.7 Å². The Morgan fingerprint density at radius 3 is 0.889 bits per heavy atom. The van der Waals surface area contributed by atoms with Crippen molar-refractivity contribution in [1.82, 2.24) is 0 Å². The van der Waals surface area contributed by atoms with E-state index in [0.717, 1.165) is 12.8 Å². The Kier molecular flexibility index (Phi) is 14.3. The molecule has 0 amide bonds. The lowest BCUT2D eigenvalue weighted by atomic mass is 9.54. The Bertz CT molecular complexity index is 3000. The van der Waals surface area contributed by atoms with Crippen molar-refractivity contribution < 1.29 is 0 Å². The summed E-state index contributed by atoms with van der Waals surface area (Å²) < 4.78 is 0. The number of anilines is 6. The molecular formula is C79H104N2. The molecule has 11 rings (SSSR count). The van der Waals surface area contributed by atoms with Gasteiger partial charge in [0.05, 0.1) is 0 Å². The maximum Gasteiger partial charge on any atom is 0.0467 e. The van der Waals surface area contributed by atoms with Crippen LogP contribution in [0.25, 0.3) is 11.1 Å². The third kappa shape index (κ3) is 8.31. The van der Waals surface area contributed by atoms with Gasteiger partial charge in [0.1, 0.15) is 0 Å². The molecule has 0 aliphatic heterocycles. The molecule has 0 heterocycles. The van der Waals surface area contributed by atoms with E-state index in [2.05, 4.69) is 256 Å². The molecule has 5 aliphatic carbocycles. The third-order valence-corrected chi connectivity index (χ3v) is 25.2. The molecule has 0 saturated heterocycles. The van der Waals surface area contributed by atoms with Crippen molar-refractivity contribution in [2.75, 3.05) is 9.80 Å². The number of rotatable bonds is 20. The highest BCUT2D eigenvalue weighted by atomic mass is 15.2. The van der Waals surface area contributed by atoms with Crippen molar-refractivity contribution in [3.05, 3.63) is 166 Å². The van der Waals surface area contributed by atoms with Gasteiger partial charge in [-0.15, -0.1) is 0 Å². The first-order valence-corrected chi connectivity index (χ1v) is 32.6. The van der Waals surface area contributed by atoms with Gasteiger partial charge in [-0.3, -0.25) is 0 Å². The first-order chi connectivity index (χ1) is 38.2. The summed E-state index contributed by atoms with van der Waals surface area (Å²) in [6.45, 7) is 45.5. The molecule has 0 saturated carbocycles. The predicted molar refractivity (Wildman–Crippen MR) is 351 cm³/mol. The SMILES string of the molecule is CCCCCCCCC1(CCCCCCCC)c2cc(N(c3ccccc3)c3cc4c5c(c3)C(C)(C)C(C)(C)C5C(C)(C)C4(C)C)ccc2-c2ccc(N(c3ccccc3)c3cc4c5c(c3)C(C)(C)C(C)(C)C5C(C)(C)C4(C)C)cc21. The standard InChI is InChI=1S/C79H104N2/c1-19-21-23-25-27-35-45-79(46-36-28-26-24-22-20-2)61-47-55(80(53-37-31-29-32-38-53)57-49-63-67-64(50-57)72(5,6)76(13,14)69(67)75(11,12)71(63,3)4)41-43-59(61)60-44-42-56(48-62(60)79)81(54-39-33-30-34-40-54)58-51-65-68-66(52-58)74(9,10)78(17,18)70(68)77(15,16)73(65,7)8/h29-34,37-44,47-52,69-70H,19-28,35-36,45-46H2,1-18H3. The van der Waals surface area contributed by atoms with Crippen molar-refractivity contribution in [3.8, 4) is 11.1 Å². The van der Waals surface area contributed by atoms with Gasteiger partial charge in [0.25, 0.3) is 0 Å². The number of hydrogen-bond donors (Lipinski definition) is 0. The monoisotopic (exact) mass is 1080 g/mol. The normalized spacial score (nSPS) is 20.7. The van der Waals surface area contributed by atoms with Gasteiger partial charge in [-0.1, -0.05) is 250 Å². The molecule has 0 N–H and O–H groups in total. The molecule has 2 heteroatoms. The molecule has 2 nitrogen and oxygen atoms in total. The molecule has 0 aromatic heterocycles. The Labute approximate surface area is 493 Å². The van der Waals surface area contributed by atoms with Crippen LogP contribution in [0.3, 0.4) is 0 Å². The number of fused-ring (bicyclic) bond motifs is 3. The highest BCUT2D eigenvalue weighted by Gasteiger charge is 2.67.